The van der Waals surface area contributed by atoms with Crippen LogP contribution < -0.4 is 10.1 Å². The third kappa shape index (κ3) is 3.66. The fourth-order valence-electron chi connectivity index (χ4n) is 1.39. The van der Waals surface area contributed by atoms with Gasteiger partial charge in [-0.2, -0.15) is 0 Å². The highest BCUT2D eigenvalue weighted by Crippen LogP contribution is 2.21. The van der Waals surface area contributed by atoms with Crippen LogP contribution in [0.2, 0.25) is 0 Å². The highest BCUT2D eigenvalue weighted by molar-refractivity contribution is 5.79. The van der Waals surface area contributed by atoms with Gasteiger partial charge in [-0.25, -0.2) is 8.78 Å². The van der Waals surface area contributed by atoms with Gasteiger partial charge >= 0.3 is 0 Å². The lowest BCUT2D eigenvalue weighted by molar-refractivity contribution is -0.128. The van der Waals surface area contributed by atoms with Gasteiger partial charge in [-0.05, 0) is 25.0 Å². The number of aliphatic hydroxyl groups excluding tert-OH is 1. The summed E-state index contributed by atoms with van der Waals surface area (Å²) in [5.74, 6) is -1.97. The van der Waals surface area contributed by atoms with Gasteiger partial charge in [0.1, 0.15) is 11.9 Å². The largest absolute Gasteiger partial charge is 0.494 e. The normalized spacial score (nSPS) is 12.1. The second-order valence-corrected chi connectivity index (χ2v) is 3.80. The van der Waals surface area contributed by atoms with Gasteiger partial charge in [-0.3, -0.25) is 4.79 Å². The summed E-state index contributed by atoms with van der Waals surface area (Å²) in [5.41, 5.74) is 0.138. The zero-order chi connectivity index (χ0) is 13.7. The number of methoxy groups -OCH3 is 1. The Morgan fingerprint density at radius 2 is 2.11 bits per heavy atom. The van der Waals surface area contributed by atoms with Crippen molar-refractivity contribution in [2.75, 3.05) is 13.7 Å². The van der Waals surface area contributed by atoms with E-state index in [4.69, 9.17) is 5.11 Å². The molecule has 1 rings (SSSR count). The Morgan fingerprint density at radius 1 is 1.44 bits per heavy atom. The van der Waals surface area contributed by atoms with Crippen LogP contribution in [0.3, 0.4) is 0 Å². The lowest BCUT2D eigenvalue weighted by Gasteiger charge is -2.09. The molecule has 0 aliphatic heterocycles. The van der Waals surface area contributed by atoms with Gasteiger partial charge < -0.3 is 15.2 Å². The van der Waals surface area contributed by atoms with E-state index in [-0.39, 0.29) is 24.3 Å². The molecule has 6 heteroatoms. The number of amides is 1. The van der Waals surface area contributed by atoms with Crippen LogP contribution in [0.1, 0.15) is 12.5 Å². The minimum Gasteiger partial charge on any atom is -0.494 e. The van der Waals surface area contributed by atoms with Gasteiger partial charge in [0.2, 0.25) is 5.91 Å². The zero-order valence-electron chi connectivity index (χ0n) is 10.2. The predicted molar refractivity (Wildman–Crippen MR) is 61.3 cm³/mol. The van der Waals surface area contributed by atoms with Gasteiger partial charge in [0.15, 0.2) is 11.6 Å². The van der Waals surface area contributed by atoms with Crippen molar-refractivity contribution in [3.63, 3.8) is 0 Å². The maximum Gasteiger partial charge on any atom is 0.248 e. The SMILES string of the molecule is COc1cc(F)c(CCNC(=O)C(C)O)cc1F. The number of halogens is 2. The molecule has 18 heavy (non-hydrogen) atoms. The molecule has 4 nitrogen and oxygen atoms in total. The summed E-state index contributed by atoms with van der Waals surface area (Å²) in [6, 6.07) is 1.99. The van der Waals surface area contributed by atoms with E-state index in [1.54, 1.807) is 0 Å². The molecule has 1 amide bonds. The molecule has 1 unspecified atom stereocenters. The third-order valence-corrected chi connectivity index (χ3v) is 2.39. The smallest absolute Gasteiger partial charge is 0.248 e. The molecule has 0 aromatic heterocycles. The minimum absolute atomic E-state index is 0.117. The van der Waals surface area contributed by atoms with Crippen LogP contribution in [-0.2, 0) is 11.2 Å². The summed E-state index contributed by atoms with van der Waals surface area (Å²) in [4.78, 5) is 11.0. The number of carbonyl (C=O) groups excluding carboxylic acids is 1. The van der Waals surface area contributed by atoms with Crippen LogP contribution in [0.25, 0.3) is 0 Å². The number of hydrogen-bond acceptors (Lipinski definition) is 3. The summed E-state index contributed by atoms with van der Waals surface area (Å²) in [7, 11) is 1.25. The van der Waals surface area contributed by atoms with Crippen LogP contribution >= 0.6 is 0 Å². The van der Waals surface area contributed by atoms with Gasteiger partial charge in [-0.1, -0.05) is 0 Å². The number of aliphatic hydroxyl groups is 1. The van der Waals surface area contributed by atoms with E-state index in [1.165, 1.54) is 14.0 Å². The highest BCUT2D eigenvalue weighted by atomic mass is 19.1. The van der Waals surface area contributed by atoms with Crippen molar-refractivity contribution in [1.82, 2.24) is 5.32 Å². The second-order valence-electron chi connectivity index (χ2n) is 3.80. The molecular weight excluding hydrogens is 244 g/mol. The fourth-order valence-corrected chi connectivity index (χ4v) is 1.39. The maximum absolute atomic E-state index is 13.5. The Bertz CT molecular complexity index is 436. The van der Waals surface area contributed by atoms with E-state index in [0.717, 1.165) is 12.1 Å². The number of nitrogens with one attached hydrogen (secondary N) is 1. The highest BCUT2D eigenvalue weighted by Gasteiger charge is 2.11. The molecule has 0 aliphatic rings. The first-order valence-corrected chi connectivity index (χ1v) is 5.43. The van der Waals surface area contributed by atoms with Crippen LogP contribution in [0.4, 0.5) is 8.78 Å². The average molecular weight is 259 g/mol. The van der Waals surface area contributed by atoms with E-state index in [1.807, 2.05) is 0 Å². The van der Waals surface area contributed by atoms with Crippen molar-refractivity contribution in [3.05, 3.63) is 29.3 Å². The number of ether oxygens (including phenoxy) is 1. The lowest BCUT2D eigenvalue weighted by atomic mass is 10.1. The molecule has 0 bridgehead atoms. The Balaban J connectivity index is 2.63. The van der Waals surface area contributed by atoms with Crippen LogP contribution in [0, 0.1) is 11.6 Å². The van der Waals surface area contributed by atoms with Crippen molar-refractivity contribution in [2.45, 2.75) is 19.4 Å². The summed E-state index contributed by atoms with van der Waals surface area (Å²) >= 11 is 0. The Morgan fingerprint density at radius 3 is 2.67 bits per heavy atom. The molecule has 0 heterocycles. The van der Waals surface area contributed by atoms with Crippen molar-refractivity contribution in [3.8, 4) is 5.75 Å². The first kappa shape index (κ1) is 14.4. The Kier molecular flexibility index (Phi) is 5.03. The molecular formula is C12H15F2NO3. The van der Waals surface area contributed by atoms with Gasteiger partial charge in [-0.15, -0.1) is 0 Å². The van der Waals surface area contributed by atoms with Crippen molar-refractivity contribution in [1.29, 1.82) is 0 Å². The van der Waals surface area contributed by atoms with Crippen molar-refractivity contribution in [2.24, 2.45) is 0 Å². The molecule has 0 saturated carbocycles. The lowest BCUT2D eigenvalue weighted by Crippen LogP contribution is -2.33. The van der Waals surface area contributed by atoms with Gasteiger partial charge in [0, 0.05) is 12.6 Å². The summed E-state index contributed by atoms with van der Waals surface area (Å²) in [5, 5.41) is 11.3. The molecule has 0 fully saturated rings. The number of benzene rings is 1. The quantitative estimate of drug-likeness (QED) is 0.829. The molecule has 0 spiro atoms. The van der Waals surface area contributed by atoms with Gasteiger partial charge in [0.25, 0.3) is 0 Å². The average Bonchev–Trinajstić information content (AvgIpc) is 2.32. The summed E-state index contributed by atoms with van der Waals surface area (Å²) in [6.07, 6.45) is -0.993. The van der Waals surface area contributed by atoms with E-state index >= 15 is 0 Å². The number of carbonyl (C=O) groups is 1. The topological polar surface area (TPSA) is 58.6 Å². The Hall–Kier alpha value is -1.69. The van der Waals surface area contributed by atoms with Crippen LogP contribution in [0.5, 0.6) is 5.75 Å². The third-order valence-electron chi connectivity index (χ3n) is 2.39. The summed E-state index contributed by atoms with van der Waals surface area (Å²) < 4.78 is 31.5. The molecule has 100 valence electrons. The predicted octanol–water partition coefficient (Wildman–Crippen LogP) is 1.01. The number of hydrogen-bond donors (Lipinski definition) is 2. The summed E-state index contributed by atoms with van der Waals surface area (Å²) in [6.45, 7) is 1.44. The first-order valence-electron chi connectivity index (χ1n) is 5.43. The monoisotopic (exact) mass is 259 g/mol. The standard InChI is InChI=1S/C12H15F2NO3/c1-7(16)12(17)15-4-3-8-5-10(14)11(18-2)6-9(8)13/h5-7,16H,3-4H2,1-2H3,(H,15,17). The Labute approximate surface area is 104 Å². The van der Waals surface area contributed by atoms with E-state index in [2.05, 4.69) is 10.1 Å². The molecule has 2 N–H and O–H groups in total. The first-order chi connectivity index (χ1) is 8.45. The van der Waals surface area contributed by atoms with Crippen molar-refractivity contribution >= 4 is 5.91 Å². The van der Waals surface area contributed by atoms with E-state index in [9.17, 15) is 13.6 Å². The van der Waals surface area contributed by atoms with Crippen molar-refractivity contribution < 1.29 is 23.4 Å². The number of rotatable bonds is 5. The molecule has 1 aromatic carbocycles. The second kappa shape index (κ2) is 6.30. The molecule has 0 radical (unpaired) electrons. The van der Waals surface area contributed by atoms with E-state index < -0.39 is 23.6 Å². The molecule has 1 aromatic rings. The zero-order valence-corrected chi connectivity index (χ0v) is 10.2. The maximum atomic E-state index is 13.5. The van der Waals surface area contributed by atoms with Gasteiger partial charge in [0.05, 0.1) is 7.11 Å². The molecule has 1 atom stereocenters. The fraction of sp³-hybridized carbons (Fsp3) is 0.417. The molecule has 0 saturated heterocycles. The van der Waals surface area contributed by atoms with E-state index in [0.29, 0.717) is 0 Å². The van der Waals surface area contributed by atoms with Crippen LogP contribution in [0.15, 0.2) is 12.1 Å². The minimum atomic E-state index is -1.12. The molecule has 0 aliphatic carbocycles. The van der Waals surface area contributed by atoms with Crippen LogP contribution in [-0.4, -0.2) is 30.8 Å².